The zero-order chi connectivity index (χ0) is 30.8. The number of para-hydroxylation sites is 1. The number of carboxylic acid groups (broad SMARTS) is 1. The van der Waals surface area contributed by atoms with Crippen LogP contribution in [0.25, 0.3) is 10.9 Å². The largest absolute Gasteiger partial charge is 0.508 e. The van der Waals surface area contributed by atoms with Gasteiger partial charge in [0.2, 0.25) is 17.7 Å². The molecule has 0 bridgehead atoms. The molecule has 0 saturated carbocycles. The summed E-state index contributed by atoms with van der Waals surface area (Å²) < 4.78 is 0. The van der Waals surface area contributed by atoms with Gasteiger partial charge in [-0.05, 0) is 54.7 Å². The summed E-state index contributed by atoms with van der Waals surface area (Å²) in [5.74, 6) is -2.85. The van der Waals surface area contributed by atoms with E-state index >= 15 is 0 Å². The number of aliphatic hydroxyl groups excluding tert-OH is 1. The summed E-state index contributed by atoms with van der Waals surface area (Å²) in [4.78, 5) is 54.7. The van der Waals surface area contributed by atoms with Crippen molar-refractivity contribution < 1.29 is 34.5 Å². The number of nitrogens with one attached hydrogen (secondary N) is 4. The predicted octanol–water partition coefficient (Wildman–Crippen LogP) is 0.659. The van der Waals surface area contributed by atoms with E-state index in [0.717, 1.165) is 16.5 Å². The smallest absolute Gasteiger partial charge is 0.328 e. The number of aliphatic carboxylic acids is 1. The van der Waals surface area contributed by atoms with Gasteiger partial charge >= 0.3 is 5.97 Å². The summed E-state index contributed by atoms with van der Waals surface area (Å²) in [5, 5.41) is 37.5. The fraction of sp³-hybridized carbons (Fsp3) is 0.379. The number of nitrogens with two attached hydrogens (primary N) is 1. The van der Waals surface area contributed by atoms with Crippen LogP contribution in [-0.4, -0.2) is 86.3 Å². The lowest BCUT2D eigenvalue weighted by Gasteiger charge is -2.26. The third-order valence-corrected chi connectivity index (χ3v) is 7.40. The number of aromatic hydroxyl groups is 1. The van der Waals surface area contributed by atoms with E-state index in [1.807, 2.05) is 30.5 Å². The second-order valence-electron chi connectivity index (χ2n) is 10.0. The molecule has 0 saturated heterocycles. The number of carbonyl (C=O) groups excluding carboxylic acids is 3. The average molecular weight is 600 g/mol. The van der Waals surface area contributed by atoms with Crippen molar-refractivity contribution in [1.82, 2.24) is 20.9 Å². The first-order valence-corrected chi connectivity index (χ1v) is 14.8. The zero-order valence-corrected chi connectivity index (χ0v) is 24.2. The number of hydrogen-bond donors (Lipinski definition) is 8. The number of aliphatic hydroxyl groups is 1. The minimum absolute atomic E-state index is 0.00292. The highest BCUT2D eigenvalue weighted by molar-refractivity contribution is 7.98. The van der Waals surface area contributed by atoms with Gasteiger partial charge in [0.25, 0.3) is 0 Å². The molecule has 3 rings (SSSR count). The Morgan fingerprint density at radius 1 is 0.929 bits per heavy atom. The van der Waals surface area contributed by atoms with Gasteiger partial charge in [-0.1, -0.05) is 30.3 Å². The Bertz CT molecular complexity index is 1380. The van der Waals surface area contributed by atoms with Crippen molar-refractivity contribution in [2.75, 3.05) is 12.0 Å². The molecule has 1 aromatic heterocycles. The minimum Gasteiger partial charge on any atom is -0.508 e. The van der Waals surface area contributed by atoms with E-state index in [1.54, 1.807) is 18.3 Å². The molecule has 0 fully saturated rings. The molecular weight excluding hydrogens is 562 g/mol. The van der Waals surface area contributed by atoms with Gasteiger partial charge in [-0.2, -0.15) is 11.8 Å². The number of fused-ring (bicyclic) bond motifs is 1. The molecule has 13 heteroatoms. The van der Waals surface area contributed by atoms with Crippen LogP contribution < -0.4 is 21.7 Å². The molecule has 0 radical (unpaired) electrons. The maximum atomic E-state index is 13.7. The number of H-pyrrole nitrogens is 1. The van der Waals surface area contributed by atoms with Gasteiger partial charge in [0.1, 0.15) is 17.8 Å². The number of phenolic OH excluding ortho intramolecular Hbond substituents is 1. The summed E-state index contributed by atoms with van der Waals surface area (Å²) >= 11 is 1.54. The number of carboxylic acids is 1. The number of amides is 3. The number of phenols is 1. The number of rotatable bonds is 15. The first-order valence-electron chi connectivity index (χ1n) is 13.4. The molecule has 3 aromatic rings. The van der Waals surface area contributed by atoms with Crippen LogP contribution in [0.5, 0.6) is 5.75 Å². The SMILES string of the molecule is CSCCC(N)C(=O)NC(Cc1c[nH]c2ccccc12)C(=O)NC(Cc1ccc(O)cc1)C(=O)NC(C(=O)O)C(C)O. The molecule has 0 aliphatic carbocycles. The van der Waals surface area contributed by atoms with Crippen molar-refractivity contribution in [3.8, 4) is 5.75 Å². The van der Waals surface area contributed by atoms with Crippen molar-refractivity contribution >= 4 is 46.4 Å². The fourth-order valence-corrected chi connectivity index (χ4v) is 4.87. The van der Waals surface area contributed by atoms with E-state index < -0.39 is 54.0 Å². The molecule has 3 amide bonds. The second kappa shape index (κ2) is 15.2. The summed E-state index contributed by atoms with van der Waals surface area (Å²) in [6.07, 6.45) is 2.64. The molecule has 1 heterocycles. The monoisotopic (exact) mass is 599 g/mol. The third-order valence-electron chi connectivity index (χ3n) is 6.76. The van der Waals surface area contributed by atoms with E-state index in [9.17, 15) is 34.5 Å². The summed E-state index contributed by atoms with van der Waals surface area (Å²) in [6.45, 7) is 1.22. The highest BCUT2D eigenvalue weighted by Gasteiger charge is 2.32. The molecule has 0 spiro atoms. The third kappa shape index (κ3) is 8.96. The Hall–Kier alpha value is -4.07. The topological polar surface area (TPSA) is 207 Å². The lowest BCUT2D eigenvalue weighted by molar-refractivity contribution is -0.145. The van der Waals surface area contributed by atoms with E-state index in [1.165, 1.54) is 30.8 Å². The Morgan fingerprint density at radius 2 is 1.55 bits per heavy atom. The van der Waals surface area contributed by atoms with Gasteiger partial charge in [0, 0.05) is 29.9 Å². The molecule has 0 aliphatic heterocycles. The summed E-state index contributed by atoms with van der Waals surface area (Å²) in [5.41, 5.74) is 8.22. The Labute approximate surface area is 247 Å². The van der Waals surface area contributed by atoms with E-state index in [-0.39, 0.29) is 18.6 Å². The standard InChI is InChI=1S/C29H37N5O7S/c1-16(35)25(29(40)41)34-28(39)23(13-17-7-9-19(36)10-8-17)33-27(38)24(32-26(37)21(30)11-12-42-2)14-18-15-31-22-6-4-3-5-20(18)22/h3-10,15-16,21,23-25,31,35-36H,11-14,30H2,1-2H3,(H,32,37)(H,33,38)(H,34,39)(H,40,41). The van der Waals surface area contributed by atoms with Gasteiger partial charge in [-0.3, -0.25) is 14.4 Å². The van der Waals surface area contributed by atoms with Gasteiger partial charge in [0.05, 0.1) is 12.1 Å². The van der Waals surface area contributed by atoms with Crippen LogP contribution >= 0.6 is 11.8 Å². The van der Waals surface area contributed by atoms with Crippen LogP contribution in [0.1, 0.15) is 24.5 Å². The highest BCUT2D eigenvalue weighted by atomic mass is 32.2. The number of hydrogen-bond acceptors (Lipinski definition) is 8. The molecule has 9 N–H and O–H groups in total. The Balaban J connectivity index is 1.90. The van der Waals surface area contributed by atoms with Crippen LogP contribution in [0.4, 0.5) is 0 Å². The Kier molecular flexibility index (Phi) is 11.8. The van der Waals surface area contributed by atoms with Crippen LogP contribution in [-0.2, 0) is 32.0 Å². The van der Waals surface area contributed by atoms with Gasteiger partial charge in [-0.25, -0.2) is 4.79 Å². The first-order chi connectivity index (χ1) is 20.0. The van der Waals surface area contributed by atoms with Crippen molar-refractivity contribution in [2.24, 2.45) is 5.73 Å². The minimum atomic E-state index is -1.62. The van der Waals surface area contributed by atoms with E-state index in [2.05, 4.69) is 20.9 Å². The number of aromatic amines is 1. The van der Waals surface area contributed by atoms with Crippen molar-refractivity contribution in [2.45, 2.75) is 56.5 Å². The number of thioether (sulfide) groups is 1. The van der Waals surface area contributed by atoms with Gasteiger partial charge < -0.3 is 42.0 Å². The Morgan fingerprint density at radius 3 is 2.19 bits per heavy atom. The summed E-state index contributed by atoms with van der Waals surface area (Å²) in [6, 6.07) is 8.54. The maximum Gasteiger partial charge on any atom is 0.328 e. The summed E-state index contributed by atoms with van der Waals surface area (Å²) in [7, 11) is 0. The van der Waals surface area contributed by atoms with Gasteiger partial charge in [0.15, 0.2) is 6.04 Å². The lowest BCUT2D eigenvalue weighted by atomic mass is 10.0. The quantitative estimate of drug-likeness (QED) is 0.123. The normalized spacial score (nSPS) is 14.8. The number of aromatic nitrogens is 1. The van der Waals surface area contributed by atoms with Crippen molar-refractivity contribution in [1.29, 1.82) is 0 Å². The van der Waals surface area contributed by atoms with E-state index in [4.69, 9.17) is 5.73 Å². The van der Waals surface area contributed by atoms with Crippen LogP contribution in [0.15, 0.2) is 54.7 Å². The molecule has 5 atom stereocenters. The second-order valence-corrected chi connectivity index (χ2v) is 11.0. The average Bonchev–Trinajstić information content (AvgIpc) is 3.37. The van der Waals surface area contributed by atoms with E-state index in [0.29, 0.717) is 17.7 Å². The maximum absolute atomic E-state index is 13.7. The predicted molar refractivity (Wildman–Crippen MR) is 160 cm³/mol. The van der Waals surface area contributed by atoms with Crippen molar-refractivity contribution in [3.63, 3.8) is 0 Å². The zero-order valence-electron chi connectivity index (χ0n) is 23.4. The molecule has 2 aromatic carbocycles. The number of carbonyl (C=O) groups is 4. The van der Waals surface area contributed by atoms with Crippen LogP contribution in [0.2, 0.25) is 0 Å². The number of benzene rings is 2. The van der Waals surface area contributed by atoms with Crippen LogP contribution in [0.3, 0.4) is 0 Å². The highest BCUT2D eigenvalue weighted by Crippen LogP contribution is 2.20. The molecule has 5 unspecified atom stereocenters. The molecule has 42 heavy (non-hydrogen) atoms. The van der Waals surface area contributed by atoms with Gasteiger partial charge in [-0.15, -0.1) is 0 Å². The molecule has 0 aliphatic rings. The molecule has 12 nitrogen and oxygen atoms in total. The molecular formula is C29H37N5O7S. The lowest BCUT2D eigenvalue weighted by Crippen LogP contribution is -2.59. The van der Waals surface area contributed by atoms with Crippen molar-refractivity contribution in [3.05, 3.63) is 65.9 Å². The fourth-order valence-electron chi connectivity index (χ4n) is 4.38. The first kappa shape index (κ1) is 32.4. The van der Waals surface area contributed by atoms with Crippen LogP contribution in [0, 0.1) is 0 Å². The molecule has 226 valence electrons.